The van der Waals surface area contributed by atoms with E-state index in [2.05, 4.69) is 15.0 Å². The van der Waals surface area contributed by atoms with Gasteiger partial charge in [0, 0.05) is 13.1 Å². The van der Waals surface area contributed by atoms with E-state index in [9.17, 15) is 4.79 Å². The van der Waals surface area contributed by atoms with Gasteiger partial charge >= 0.3 is 0 Å². The van der Waals surface area contributed by atoms with Crippen molar-refractivity contribution in [1.82, 2.24) is 9.91 Å². The van der Waals surface area contributed by atoms with Crippen LogP contribution in [0.3, 0.4) is 0 Å². The molecule has 7 nitrogen and oxygen atoms in total. The van der Waals surface area contributed by atoms with Crippen molar-refractivity contribution in [3.63, 3.8) is 0 Å². The first-order valence-corrected chi connectivity index (χ1v) is 8.33. The predicted octanol–water partition coefficient (Wildman–Crippen LogP) is 2.34. The molecular weight excluding hydrogens is 314 g/mol. The predicted molar refractivity (Wildman–Crippen MR) is 89.1 cm³/mol. The summed E-state index contributed by atoms with van der Waals surface area (Å²) in [5.74, 6) is 0.125. The maximum absolute atomic E-state index is 12.2. The summed E-state index contributed by atoms with van der Waals surface area (Å²) in [4.78, 5) is 18.5. The van der Waals surface area contributed by atoms with Crippen molar-refractivity contribution in [2.24, 2.45) is 10.1 Å². The zero-order valence-corrected chi connectivity index (χ0v) is 13.2. The van der Waals surface area contributed by atoms with Gasteiger partial charge in [-0.15, -0.1) is 5.10 Å². The number of nitrogens with zero attached hydrogens (tertiary/aromatic N) is 4. The molecule has 3 aliphatic heterocycles. The van der Waals surface area contributed by atoms with Crippen molar-refractivity contribution >= 4 is 39.9 Å². The average Bonchev–Trinajstić information content (AvgIpc) is 3.22. The Morgan fingerprint density at radius 3 is 2.83 bits per heavy atom. The van der Waals surface area contributed by atoms with Gasteiger partial charge in [-0.3, -0.25) is 10.2 Å². The van der Waals surface area contributed by atoms with Crippen LogP contribution in [0.25, 0.3) is 6.08 Å². The van der Waals surface area contributed by atoms with Gasteiger partial charge in [-0.1, -0.05) is 0 Å². The molecule has 23 heavy (non-hydrogen) atoms. The van der Waals surface area contributed by atoms with Crippen LogP contribution in [0.4, 0.5) is 0 Å². The Morgan fingerprint density at radius 1 is 1.26 bits per heavy atom. The maximum Gasteiger partial charge on any atom is 0.283 e. The van der Waals surface area contributed by atoms with Crippen molar-refractivity contribution in [3.05, 3.63) is 29.7 Å². The second-order valence-corrected chi connectivity index (χ2v) is 6.40. The number of likely N-dealkylation sites (tertiary alicyclic amines) is 1. The first kappa shape index (κ1) is 14.3. The summed E-state index contributed by atoms with van der Waals surface area (Å²) in [6.07, 6.45) is 6.59. The van der Waals surface area contributed by atoms with E-state index >= 15 is 0 Å². The lowest BCUT2D eigenvalue weighted by molar-refractivity contribution is -0.114. The van der Waals surface area contributed by atoms with E-state index in [0.29, 0.717) is 10.9 Å². The summed E-state index contributed by atoms with van der Waals surface area (Å²) in [6.45, 7) is 1.92. The van der Waals surface area contributed by atoms with Crippen LogP contribution in [0.5, 0.6) is 0 Å². The number of piperidine rings is 1. The normalized spacial score (nSPS) is 23.2. The van der Waals surface area contributed by atoms with Crippen LogP contribution >= 0.6 is 11.8 Å². The van der Waals surface area contributed by atoms with Gasteiger partial charge in [-0.05, 0) is 49.2 Å². The molecule has 0 bridgehead atoms. The smallest absolute Gasteiger partial charge is 0.283 e. The van der Waals surface area contributed by atoms with Gasteiger partial charge in [0.05, 0.1) is 11.8 Å². The van der Waals surface area contributed by atoms with Crippen molar-refractivity contribution in [2.75, 3.05) is 13.1 Å². The zero-order chi connectivity index (χ0) is 15.8. The Morgan fingerprint density at radius 2 is 2.09 bits per heavy atom. The summed E-state index contributed by atoms with van der Waals surface area (Å²) < 4.78 is 5.22. The monoisotopic (exact) mass is 329 g/mol. The number of hydrazone groups is 1. The molecule has 0 radical (unpaired) electrons. The van der Waals surface area contributed by atoms with Crippen molar-refractivity contribution in [3.8, 4) is 0 Å². The van der Waals surface area contributed by atoms with Crippen molar-refractivity contribution < 1.29 is 9.21 Å². The van der Waals surface area contributed by atoms with Crippen molar-refractivity contribution in [1.29, 1.82) is 5.41 Å². The molecule has 0 atom stereocenters. The molecule has 1 aromatic rings. The quantitative estimate of drug-likeness (QED) is 0.799. The van der Waals surface area contributed by atoms with Gasteiger partial charge in [0.2, 0.25) is 5.17 Å². The Labute approximate surface area is 137 Å². The summed E-state index contributed by atoms with van der Waals surface area (Å²) in [5.41, 5.74) is 0.188. The number of furan rings is 1. The van der Waals surface area contributed by atoms with Crippen LogP contribution in [0.2, 0.25) is 0 Å². The third-order valence-electron chi connectivity index (χ3n) is 3.90. The molecule has 1 amide bonds. The molecule has 8 heteroatoms. The molecule has 4 heterocycles. The van der Waals surface area contributed by atoms with Crippen LogP contribution in [0.15, 0.2) is 38.5 Å². The van der Waals surface area contributed by atoms with Crippen molar-refractivity contribution in [2.45, 2.75) is 19.3 Å². The van der Waals surface area contributed by atoms with E-state index in [0.717, 1.165) is 31.1 Å². The third-order valence-corrected chi connectivity index (χ3v) is 4.87. The molecular formula is C15H15N5O2S. The largest absolute Gasteiger partial charge is 0.465 e. The number of amides is 1. The number of carbonyl (C=O) groups is 1. The molecule has 1 fully saturated rings. The van der Waals surface area contributed by atoms with Gasteiger partial charge in [0.15, 0.2) is 11.0 Å². The number of aliphatic imine (C=N–C) groups is 1. The highest BCUT2D eigenvalue weighted by atomic mass is 32.2. The number of nitrogens with one attached hydrogen (secondary N) is 1. The number of rotatable bonds is 1. The first-order chi connectivity index (χ1) is 11.2. The fourth-order valence-electron chi connectivity index (χ4n) is 2.71. The number of hydrogen-bond acceptors (Lipinski definition) is 6. The standard InChI is InChI=1S/C15H15N5O2S/c16-12-11(9-10-5-4-8-22-10)13(21)17-14-20(12)18-15(23-14)19-6-2-1-3-7-19/h4-5,8-9,16H,1-3,6-7H2/b11-9-,16-12?. The molecule has 0 aromatic carbocycles. The van der Waals surface area contributed by atoms with E-state index in [-0.39, 0.29) is 11.4 Å². The van der Waals surface area contributed by atoms with E-state index in [4.69, 9.17) is 9.83 Å². The lowest BCUT2D eigenvalue weighted by Gasteiger charge is -2.26. The van der Waals surface area contributed by atoms with Gasteiger partial charge in [-0.25, -0.2) is 0 Å². The fourth-order valence-corrected chi connectivity index (χ4v) is 3.66. The van der Waals surface area contributed by atoms with Crippen LogP contribution in [-0.4, -0.2) is 45.1 Å². The minimum Gasteiger partial charge on any atom is -0.465 e. The minimum atomic E-state index is -0.430. The Bertz CT molecular complexity index is 744. The third kappa shape index (κ3) is 2.59. The molecule has 0 spiro atoms. The maximum atomic E-state index is 12.2. The summed E-state index contributed by atoms with van der Waals surface area (Å²) in [5, 5.41) is 15.5. The highest BCUT2D eigenvalue weighted by Gasteiger charge is 2.37. The lowest BCUT2D eigenvalue weighted by atomic mass is 10.1. The van der Waals surface area contributed by atoms with Crippen LogP contribution in [-0.2, 0) is 4.79 Å². The molecule has 1 aromatic heterocycles. The number of thioether (sulfide) groups is 1. The molecule has 118 valence electrons. The van der Waals surface area contributed by atoms with E-state index in [1.54, 1.807) is 12.1 Å². The van der Waals surface area contributed by atoms with Gasteiger partial charge in [0.25, 0.3) is 5.91 Å². The topological polar surface area (TPSA) is 85.3 Å². The average molecular weight is 329 g/mol. The molecule has 1 saturated heterocycles. The van der Waals surface area contributed by atoms with E-state index < -0.39 is 5.91 Å². The molecule has 3 aliphatic rings. The Hall–Kier alpha value is -2.35. The van der Waals surface area contributed by atoms with E-state index in [1.165, 1.54) is 35.5 Å². The van der Waals surface area contributed by atoms with Gasteiger partial charge < -0.3 is 9.32 Å². The summed E-state index contributed by atoms with van der Waals surface area (Å²) in [6, 6.07) is 3.46. The number of hydrogen-bond donors (Lipinski definition) is 1. The van der Waals surface area contributed by atoms with Crippen LogP contribution in [0, 0.1) is 5.41 Å². The number of amidine groups is 3. The molecule has 0 aliphatic carbocycles. The second kappa shape index (κ2) is 5.69. The summed E-state index contributed by atoms with van der Waals surface area (Å²) >= 11 is 1.36. The van der Waals surface area contributed by atoms with Crippen LogP contribution in [0.1, 0.15) is 25.0 Å². The Kier molecular flexibility index (Phi) is 3.53. The fraction of sp³-hybridized carbons (Fsp3) is 0.333. The van der Waals surface area contributed by atoms with E-state index in [1.807, 2.05) is 0 Å². The molecule has 0 unspecified atom stereocenters. The lowest BCUT2D eigenvalue weighted by Crippen LogP contribution is -2.35. The summed E-state index contributed by atoms with van der Waals surface area (Å²) in [7, 11) is 0. The number of fused-ring (bicyclic) bond motifs is 1. The minimum absolute atomic E-state index is 0.0379. The van der Waals surface area contributed by atoms with Crippen LogP contribution < -0.4 is 0 Å². The first-order valence-electron chi connectivity index (χ1n) is 7.51. The van der Waals surface area contributed by atoms with Gasteiger partial charge in [0.1, 0.15) is 5.76 Å². The Balaban J connectivity index is 1.63. The zero-order valence-electron chi connectivity index (χ0n) is 12.4. The highest BCUT2D eigenvalue weighted by molar-refractivity contribution is 8.26. The second-order valence-electron chi connectivity index (χ2n) is 5.47. The highest BCUT2D eigenvalue weighted by Crippen LogP contribution is 2.30. The molecule has 4 rings (SSSR count). The van der Waals surface area contributed by atoms with Gasteiger partial charge in [-0.2, -0.15) is 10.0 Å². The molecule has 0 saturated carbocycles. The SMILES string of the molecule is N=C1/C(=C/c2ccco2)C(=O)N=C2SC(N3CCCCC3)=NN12. The molecule has 1 N–H and O–H groups in total. The number of carbonyl (C=O) groups excluding carboxylic acids is 1.